The van der Waals surface area contributed by atoms with E-state index in [1.807, 2.05) is 47.0 Å². The van der Waals surface area contributed by atoms with Crippen molar-refractivity contribution >= 4 is 53.0 Å². The van der Waals surface area contributed by atoms with Crippen molar-refractivity contribution in [2.75, 3.05) is 36.2 Å². The number of allylic oxidation sites excluding steroid dienone is 1. The second kappa shape index (κ2) is 12.0. The van der Waals surface area contributed by atoms with Gasteiger partial charge in [-0.1, -0.05) is 40.7 Å². The van der Waals surface area contributed by atoms with Gasteiger partial charge in [0.15, 0.2) is 9.87 Å². The molecule has 0 aromatic heterocycles. The van der Waals surface area contributed by atoms with E-state index in [2.05, 4.69) is 45.6 Å². The molecular weight excluding hydrogens is 479 g/mol. The SMILES string of the molecule is CCCSC(SCCC)N1C(=O)C(SCCC)(SCCC)C2(C)CC3(CC=C12)OCCO3. The largest absolute Gasteiger partial charge is 0.347 e. The van der Waals surface area contributed by atoms with E-state index in [0.29, 0.717) is 19.1 Å². The molecule has 2 aliphatic heterocycles. The highest BCUT2D eigenvalue weighted by atomic mass is 32.2. The van der Waals surface area contributed by atoms with E-state index < -0.39 is 9.87 Å². The number of amides is 1. The van der Waals surface area contributed by atoms with Crippen LogP contribution in [0.4, 0.5) is 0 Å². The molecular formula is C24H41NO3S4. The van der Waals surface area contributed by atoms with Crippen LogP contribution in [-0.2, 0) is 14.3 Å². The average molecular weight is 520 g/mol. The minimum atomic E-state index is -0.568. The zero-order valence-corrected chi connectivity index (χ0v) is 23.7. The lowest BCUT2D eigenvalue weighted by Crippen LogP contribution is -2.49. The number of likely N-dealkylation sites (tertiary alicyclic amines) is 1. The fraction of sp³-hybridized carbons (Fsp3) is 0.875. The first-order valence-corrected chi connectivity index (χ1v) is 16.3. The quantitative estimate of drug-likeness (QED) is 0.248. The number of carbonyl (C=O) groups excluding carboxylic acids is 1. The Morgan fingerprint density at radius 3 is 1.97 bits per heavy atom. The summed E-state index contributed by atoms with van der Waals surface area (Å²) < 4.78 is 12.0. The van der Waals surface area contributed by atoms with Crippen molar-refractivity contribution in [3.8, 4) is 0 Å². The molecule has 2 fully saturated rings. The van der Waals surface area contributed by atoms with E-state index in [4.69, 9.17) is 9.47 Å². The Morgan fingerprint density at radius 2 is 1.47 bits per heavy atom. The lowest BCUT2D eigenvalue weighted by Gasteiger charge is -2.47. The highest BCUT2D eigenvalue weighted by Gasteiger charge is 2.69. The van der Waals surface area contributed by atoms with Crippen LogP contribution in [0.1, 0.15) is 73.1 Å². The molecule has 32 heavy (non-hydrogen) atoms. The third-order valence-electron chi connectivity index (χ3n) is 6.25. The Balaban J connectivity index is 2.08. The molecule has 0 bridgehead atoms. The van der Waals surface area contributed by atoms with Gasteiger partial charge in [0.2, 0.25) is 0 Å². The summed E-state index contributed by atoms with van der Waals surface area (Å²) in [7, 11) is 0. The first-order chi connectivity index (χ1) is 15.4. The van der Waals surface area contributed by atoms with Crippen LogP contribution < -0.4 is 0 Å². The van der Waals surface area contributed by atoms with Crippen LogP contribution in [0.15, 0.2) is 11.8 Å². The molecule has 0 aromatic carbocycles. The topological polar surface area (TPSA) is 38.8 Å². The number of carbonyl (C=O) groups is 1. The van der Waals surface area contributed by atoms with Crippen molar-refractivity contribution in [2.24, 2.45) is 5.41 Å². The standard InChI is InChI=1S/C24H41NO3S4/c1-6-14-29-21(30-15-7-2)25-19-10-11-23(27-12-13-28-23)18-22(19,5)24(20(25)26,31-16-8-3)32-17-9-4/h10,21H,6-9,11-18H2,1-5H3. The number of ether oxygens (including phenoxy) is 2. The average Bonchev–Trinajstić information content (AvgIpc) is 3.30. The second-order valence-electron chi connectivity index (χ2n) is 8.95. The van der Waals surface area contributed by atoms with Crippen LogP contribution >= 0.6 is 47.0 Å². The lowest BCUT2D eigenvalue weighted by molar-refractivity contribution is -0.178. The van der Waals surface area contributed by atoms with Gasteiger partial charge < -0.3 is 9.47 Å². The fourth-order valence-electron chi connectivity index (χ4n) is 4.87. The van der Waals surface area contributed by atoms with E-state index in [1.165, 1.54) is 5.70 Å². The van der Waals surface area contributed by atoms with Gasteiger partial charge in [-0.3, -0.25) is 9.69 Å². The number of hydrogen-bond donors (Lipinski definition) is 0. The molecule has 0 saturated carbocycles. The maximum Gasteiger partial charge on any atom is 0.255 e. The Labute approximate surface area is 212 Å². The maximum atomic E-state index is 14.5. The first kappa shape index (κ1) is 27.1. The van der Waals surface area contributed by atoms with Crippen molar-refractivity contribution in [3.05, 3.63) is 11.8 Å². The lowest BCUT2D eigenvalue weighted by atomic mass is 9.74. The smallest absolute Gasteiger partial charge is 0.255 e. The number of thioether (sulfide) groups is 4. The van der Waals surface area contributed by atoms with Gasteiger partial charge >= 0.3 is 0 Å². The van der Waals surface area contributed by atoms with E-state index in [1.54, 1.807) is 0 Å². The molecule has 1 unspecified atom stereocenters. The van der Waals surface area contributed by atoms with Crippen molar-refractivity contribution in [3.63, 3.8) is 0 Å². The molecule has 1 aliphatic carbocycles. The third-order valence-corrected chi connectivity index (χ3v) is 13.3. The van der Waals surface area contributed by atoms with Crippen molar-refractivity contribution < 1.29 is 14.3 Å². The van der Waals surface area contributed by atoms with Gasteiger partial charge in [-0.25, -0.2) is 0 Å². The summed E-state index contributed by atoms with van der Waals surface area (Å²) >= 11 is 7.62. The Morgan fingerprint density at radius 1 is 0.938 bits per heavy atom. The number of hydrogen-bond acceptors (Lipinski definition) is 7. The van der Waals surface area contributed by atoms with Crippen LogP contribution in [0.5, 0.6) is 0 Å². The molecule has 3 aliphatic rings. The summed E-state index contributed by atoms with van der Waals surface area (Å²) in [4.78, 5) is 16.7. The predicted molar refractivity (Wildman–Crippen MR) is 144 cm³/mol. The van der Waals surface area contributed by atoms with E-state index >= 15 is 0 Å². The van der Waals surface area contributed by atoms with Crippen LogP contribution in [0.3, 0.4) is 0 Å². The van der Waals surface area contributed by atoms with Crippen molar-refractivity contribution in [1.82, 2.24) is 4.90 Å². The molecule has 184 valence electrons. The van der Waals surface area contributed by atoms with Gasteiger partial charge in [0.25, 0.3) is 5.91 Å². The Kier molecular flexibility index (Phi) is 10.2. The minimum Gasteiger partial charge on any atom is -0.347 e. The third kappa shape index (κ3) is 5.06. The summed E-state index contributed by atoms with van der Waals surface area (Å²) in [5.41, 5.74) is 0.904. The molecule has 0 N–H and O–H groups in total. The van der Waals surface area contributed by atoms with Crippen LogP contribution in [0.2, 0.25) is 0 Å². The molecule has 3 rings (SSSR count). The Bertz CT molecular complexity index is 652. The molecule has 2 heterocycles. The molecule has 1 spiro atoms. The van der Waals surface area contributed by atoms with E-state index in [0.717, 1.165) is 61.5 Å². The van der Waals surface area contributed by atoms with Gasteiger partial charge in [-0.15, -0.1) is 47.0 Å². The maximum absolute atomic E-state index is 14.5. The van der Waals surface area contributed by atoms with Gasteiger partial charge in [0.05, 0.1) is 13.2 Å². The molecule has 0 radical (unpaired) electrons. The summed E-state index contributed by atoms with van der Waals surface area (Å²) in [6.45, 7) is 12.5. The van der Waals surface area contributed by atoms with Gasteiger partial charge in [0, 0.05) is 24.0 Å². The highest BCUT2D eigenvalue weighted by Crippen LogP contribution is 2.67. The number of rotatable bonds is 13. The minimum absolute atomic E-state index is 0.138. The van der Waals surface area contributed by atoms with Gasteiger partial charge in [0.1, 0.15) is 4.71 Å². The summed E-state index contributed by atoms with van der Waals surface area (Å²) in [5.74, 6) is 3.86. The zero-order valence-electron chi connectivity index (χ0n) is 20.4. The molecule has 4 nitrogen and oxygen atoms in total. The normalized spacial score (nSPS) is 26.2. The van der Waals surface area contributed by atoms with Gasteiger partial charge in [-0.2, -0.15) is 0 Å². The first-order valence-electron chi connectivity index (χ1n) is 12.3. The zero-order chi connectivity index (χ0) is 23.2. The van der Waals surface area contributed by atoms with Crippen LogP contribution in [0.25, 0.3) is 0 Å². The monoisotopic (exact) mass is 519 g/mol. The van der Waals surface area contributed by atoms with E-state index in [-0.39, 0.29) is 10.1 Å². The molecule has 1 amide bonds. The molecule has 1 atom stereocenters. The predicted octanol–water partition coefficient (Wildman–Crippen LogP) is 6.81. The van der Waals surface area contributed by atoms with Crippen LogP contribution in [0, 0.1) is 5.41 Å². The summed E-state index contributed by atoms with van der Waals surface area (Å²) in [6, 6.07) is 0. The van der Waals surface area contributed by atoms with Crippen molar-refractivity contribution in [2.45, 2.75) is 87.7 Å². The molecule has 0 aromatic rings. The van der Waals surface area contributed by atoms with E-state index in [9.17, 15) is 4.79 Å². The van der Waals surface area contributed by atoms with Gasteiger partial charge in [-0.05, 0) is 48.7 Å². The molecule has 8 heteroatoms. The Hall–Kier alpha value is 0.530. The summed E-state index contributed by atoms with van der Waals surface area (Å²) in [5, 5.41) is 0. The second-order valence-corrected chi connectivity index (χ2v) is 14.5. The van der Waals surface area contributed by atoms with Crippen LogP contribution in [-0.4, -0.2) is 61.6 Å². The fourth-order valence-corrected chi connectivity index (χ4v) is 10.7. The summed E-state index contributed by atoms with van der Waals surface area (Å²) in [6.07, 6.45) is 8.16. The van der Waals surface area contributed by atoms with Crippen molar-refractivity contribution in [1.29, 1.82) is 0 Å². The number of nitrogens with zero attached hydrogens (tertiary/aromatic N) is 1. The number of fused-ring (bicyclic) bond motifs is 1. The highest BCUT2D eigenvalue weighted by molar-refractivity contribution is 8.19. The molecule has 2 saturated heterocycles.